The van der Waals surface area contributed by atoms with E-state index in [4.69, 9.17) is 39.5 Å². The number of halogens is 3. The summed E-state index contributed by atoms with van der Waals surface area (Å²) in [6.45, 7) is 2.33. The Morgan fingerprint density at radius 2 is 1.62 bits per heavy atom. The highest BCUT2D eigenvalue weighted by molar-refractivity contribution is 6.32. The minimum absolute atomic E-state index is 0.159. The average molecular weight is 450 g/mol. The summed E-state index contributed by atoms with van der Waals surface area (Å²) in [6, 6.07) is 18.2. The lowest BCUT2D eigenvalue weighted by Gasteiger charge is -2.11. The molecule has 3 aromatic rings. The molecule has 0 bridgehead atoms. The van der Waals surface area contributed by atoms with Crippen molar-refractivity contribution in [2.24, 2.45) is 0 Å². The maximum absolute atomic E-state index is 12.1. The lowest BCUT2D eigenvalue weighted by Crippen LogP contribution is -2.20. The minimum atomic E-state index is -0.297. The summed E-state index contributed by atoms with van der Waals surface area (Å²) in [5.41, 5.74) is 3.50. The molecular formula is C22H19Cl3N2O2. The lowest BCUT2D eigenvalue weighted by molar-refractivity contribution is -0.118. The predicted molar refractivity (Wildman–Crippen MR) is 121 cm³/mol. The molecule has 3 rings (SSSR count). The van der Waals surface area contributed by atoms with E-state index >= 15 is 0 Å². The van der Waals surface area contributed by atoms with Crippen LogP contribution >= 0.6 is 34.8 Å². The van der Waals surface area contributed by atoms with Crippen LogP contribution in [0.2, 0.25) is 15.1 Å². The van der Waals surface area contributed by atoms with Gasteiger partial charge in [0.25, 0.3) is 5.91 Å². The minimum Gasteiger partial charge on any atom is -0.482 e. The second kappa shape index (κ2) is 9.88. The maximum Gasteiger partial charge on any atom is 0.262 e. The summed E-state index contributed by atoms with van der Waals surface area (Å²) in [5, 5.41) is 7.75. The molecule has 0 aliphatic carbocycles. The molecule has 7 heteroatoms. The molecule has 4 nitrogen and oxygen atoms in total. The molecule has 0 atom stereocenters. The van der Waals surface area contributed by atoms with Crippen molar-refractivity contribution in [3.8, 4) is 5.75 Å². The molecule has 29 heavy (non-hydrogen) atoms. The highest BCUT2D eigenvalue weighted by Gasteiger charge is 2.08. The summed E-state index contributed by atoms with van der Waals surface area (Å²) >= 11 is 18.2. The first-order valence-electron chi connectivity index (χ1n) is 8.87. The predicted octanol–water partition coefficient (Wildman–Crippen LogP) is 6.58. The monoisotopic (exact) mass is 448 g/mol. The van der Waals surface area contributed by atoms with Crippen molar-refractivity contribution in [3.05, 3.63) is 86.9 Å². The van der Waals surface area contributed by atoms with E-state index in [1.54, 1.807) is 24.3 Å². The molecule has 0 saturated carbocycles. The van der Waals surface area contributed by atoms with Gasteiger partial charge in [-0.15, -0.1) is 0 Å². The van der Waals surface area contributed by atoms with E-state index in [1.807, 2.05) is 43.3 Å². The summed E-state index contributed by atoms with van der Waals surface area (Å²) < 4.78 is 5.54. The molecular weight excluding hydrogens is 431 g/mol. The Balaban J connectivity index is 1.52. The number of carbonyl (C=O) groups is 1. The number of amides is 1. The fraction of sp³-hybridized carbons (Fsp3) is 0.136. The molecule has 3 aromatic carbocycles. The van der Waals surface area contributed by atoms with Gasteiger partial charge in [0, 0.05) is 28.0 Å². The fourth-order valence-electron chi connectivity index (χ4n) is 2.55. The number of aryl methyl sites for hydroxylation is 1. The summed E-state index contributed by atoms with van der Waals surface area (Å²) in [6.07, 6.45) is 0. The van der Waals surface area contributed by atoms with Gasteiger partial charge in [0.15, 0.2) is 6.61 Å². The normalized spacial score (nSPS) is 10.5. The van der Waals surface area contributed by atoms with Crippen molar-refractivity contribution in [2.45, 2.75) is 13.5 Å². The number of hydrogen-bond acceptors (Lipinski definition) is 3. The van der Waals surface area contributed by atoms with Gasteiger partial charge in [-0.25, -0.2) is 0 Å². The topological polar surface area (TPSA) is 50.4 Å². The third-order valence-corrected chi connectivity index (χ3v) is 5.11. The van der Waals surface area contributed by atoms with Gasteiger partial charge in [0.2, 0.25) is 0 Å². The number of anilines is 2. The largest absolute Gasteiger partial charge is 0.482 e. The zero-order chi connectivity index (χ0) is 20.8. The van der Waals surface area contributed by atoms with E-state index in [1.165, 1.54) is 0 Å². The second-order valence-corrected chi connectivity index (χ2v) is 7.68. The van der Waals surface area contributed by atoms with Crippen LogP contribution in [0.4, 0.5) is 11.4 Å². The van der Waals surface area contributed by atoms with E-state index in [9.17, 15) is 4.79 Å². The second-order valence-electron chi connectivity index (χ2n) is 6.43. The Labute approximate surface area is 184 Å². The van der Waals surface area contributed by atoms with Crippen LogP contribution in [0.5, 0.6) is 5.75 Å². The molecule has 0 spiro atoms. The van der Waals surface area contributed by atoms with Crippen LogP contribution in [0.3, 0.4) is 0 Å². The van der Waals surface area contributed by atoms with Gasteiger partial charge in [-0.1, -0.05) is 46.9 Å². The molecule has 0 saturated heterocycles. The van der Waals surface area contributed by atoms with E-state index in [0.29, 0.717) is 33.0 Å². The summed E-state index contributed by atoms with van der Waals surface area (Å²) in [4.78, 5) is 12.1. The molecule has 1 amide bonds. The molecule has 0 aliphatic rings. The Morgan fingerprint density at radius 1 is 0.897 bits per heavy atom. The Kier molecular flexibility index (Phi) is 7.26. The van der Waals surface area contributed by atoms with Gasteiger partial charge < -0.3 is 15.4 Å². The Morgan fingerprint density at radius 3 is 2.31 bits per heavy atom. The van der Waals surface area contributed by atoms with Gasteiger partial charge >= 0.3 is 0 Å². The van der Waals surface area contributed by atoms with Gasteiger partial charge in [-0.3, -0.25) is 4.79 Å². The first kappa shape index (κ1) is 21.3. The zero-order valence-corrected chi connectivity index (χ0v) is 17.9. The molecule has 0 unspecified atom stereocenters. The summed E-state index contributed by atoms with van der Waals surface area (Å²) in [5.74, 6) is 0.147. The van der Waals surface area contributed by atoms with Crippen molar-refractivity contribution in [1.29, 1.82) is 0 Å². The lowest BCUT2D eigenvalue weighted by atomic mass is 10.2. The van der Waals surface area contributed by atoms with Gasteiger partial charge in [0.1, 0.15) is 5.75 Å². The van der Waals surface area contributed by atoms with E-state index < -0.39 is 0 Å². The van der Waals surface area contributed by atoms with Crippen LogP contribution in [0, 0.1) is 6.92 Å². The number of benzene rings is 3. The van der Waals surface area contributed by atoms with Gasteiger partial charge in [0.05, 0.1) is 5.02 Å². The first-order valence-corrected chi connectivity index (χ1v) is 10.0. The number of hydrogen-bond donors (Lipinski definition) is 2. The van der Waals surface area contributed by atoms with Crippen LogP contribution in [-0.4, -0.2) is 12.5 Å². The molecule has 0 aromatic heterocycles. The number of carbonyl (C=O) groups excluding carboxylic acids is 1. The molecule has 2 N–H and O–H groups in total. The smallest absolute Gasteiger partial charge is 0.262 e. The average Bonchev–Trinajstić information content (AvgIpc) is 2.69. The maximum atomic E-state index is 12.1. The van der Waals surface area contributed by atoms with Crippen LogP contribution in [-0.2, 0) is 11.3 Å². The molecule has 0 heterocycles. The first-order chi connectivity index (χ1) is 13.9. The fourth-order valence-corrected chi connectivity index (χ4v) is 3.12. The van der Waals surface area contributed by atoms with Crippen molar-refractivity contribution in [1.82, 2.24) is 0 Å². The standard InChI is InChI=1S/C22H19Cl3N2O2/c1-14-2-6-18(11-19(14)24)27-22(28)13-29-21-9-3-15(10-20(21)25)12-26-17-7-4-16(23)5-8-17/h2-11,26H,12-13H2,1H3,(H,27,28). The number of rotatable bonds is 7. The van der Waals surface area contributed by atoms with Crippen LogP contribution in [0.25, 0.3) is 0 Å². The highest BCUT2D eigenvalue weighted by atomic mass is 35.5. The van der Waals surface area contributed by atoms with Crippen LogP contribution < -0.4 is 15.4 Å². The van der Waals surface area contributed by atoms with Crippen molar-refractivity contribution in [2.75, 3.05) is 17.2 Å². The number of nitrogens with one attached hydrogen (secondary N) is 2. The number of ether oxygens (including phenoxy) is 1. The van der Waals surface area contributed by atoms with Crippen LogP contribution in [0.1, 0.15) is 11.1 Å². The van der Waals surface area contributed by atoms with Crippen LogP contribution in [0.15, 0.2) is 60.7 Å². The summed E-state index contributed by atoms with van der Waals surface area (Å²) in [7, 11) is 0. The van der Waals surface area contributed by atoms with Gasteiger partial charge in [-0.2, -0.15) is 0 Å². The third-order valence-electron chi connectivity index (χ3n) is 4.15. The van der Waals surface area contributed by atoms with Crippen molar-refractivity contribution >= 4 is 52.1 Å². The highest BCUT2D eigenvalue weighted by Crippen LogP contribution is 2.26. The van der Waals surface area contributed by atoms with E-state index in [0.717, 1.165) is 16.8 Å². The molecule has 150 valence electrons. The van der Waals surface area contributed by atoms with Crippen molar-refractivity contribution in [3.63, 3.8) is 0 Å². The van der Waals surface area contributed by atoms with E-state index in [2.05, 4.69) is 10.6 Å². The Bertz CT molecular complexity index is 1010. The molecule has 0 aliphatic heterocycles. The van der Waals surface area contributed by atoms with E-state index in [-0.39, 0.29) is 12.5 Å². The Hall–Kier alpha value is -2.40. The molecule has 0 radical (unpaired) electrons. The third kappa shape index (κ3) is 6.29. The zero-order valence-electron chi connectivity index (χ0n) is 15.6. The quantitative estimate of drug-likeness (QED) is 0.428. The SMILES string of the molecule is Cc1ccc(NC(=O)COc2ccc(CNc3ccc(Cl)cc3)cc2Cl)cc1Cl. The van der Waals surface area contributed by atoms with Gasteiger partial charge in [-0.05, 0) is 66.6 Å². The molecule has 0 fully saturated rings. The van der Waals surface area contributed by atoms with Crippen molar-refractivity contribution < 1.29 is 9.53 Å².